The van der Waals surface area contributed by atoms with Crippen LogP contribution in [0.15, 0.2) is 87.0 Å². The van der Waals surface area contributed by atoms with E-state index in [9.17, 15) is 36.6 Å². The zero-order valence-electron chi connectivity index (χ0n) is 17.2. The monoisotopic (exact) mass is 521 g/mol. The van der Waals surface area contributed by atoms with Crippen molar-refractivity contribution in [2.24, 2.45) is 10.2 Å². The van der Waals surface area contributed by atoms with Gasteiger partial charge in [-0.3, -0.25) is 14.1 Å². The fraction of sp³-hybridized carbons (Fsp3) is 0. The van der Waals surface area contributed by atoms with Crippen molar-refractivity contribution in [2.75, 3.05) is 0 Å². The van der Waals surface area contributed by atoms with Gasteiger partial charge in [-0.2, -0.15) is 16.8 Å². The minimum atomic E-state index is -4.95. The number of aromatic amines is 1. The predicted octanol–water partition coefficient (Wildman–Crippen LogP) is 3.77. The van der Waals surface area contributed by atoms with Gasteiger partial charge in [-0.1, -0.05) is 6.07 Å². The molecule has 0 spiro atoms. The Balaban J connectivity index is 0.000000497. The first kappa shape index (κ1) is 25.4. The van der Waals surface area contributed by atoms with E-state index in [4.69, 9.17) is 4.55 Å². The molecule has 0 unspecified atom stereocenters. The molecule has 0 fully saturated rings. The second-order valence-electron chi connectivity index (χ2n) is 6.62. The van der Waals surface area contributed by atoms with Crippen LogP contribution in [-0.2, 0) is 20.2 Å². The molecule has 35 heavy (non-hydrogen) atoms. The van der Waals surface area contributed by atoms with Crippen LogP contribution >= 0.6 is 0 Å². The summed E-state index contributed by atoms with van der Waals surface area (Å²) >= 11 is 0. The van der Waals surface area contributed by atoms with Crippen molar-refractivity contribution < 1.29 is 36.0 Å². The molecule has 0 radical (unpaired) electrons. The molecule has 0 amide bonds. The number of hydrogen-bond acceptors (Lipinski definition) is 10. The van der Waals surface area contributed by atoms with Crippen molar-refractivity contribution in [1.82, 2.24) is 9.97 Å². The van der Waals surface area contributed by atoms with Crippen LogP contribution in [-0.4, -0.2) is 45.9 Å². The van der Waals surface area contributed by atoms with E-state index in [1.807, 2.05) is 18.2 Å². The van der Waals surface area contributed by atoms with Gasteiger partial charge in [-0.05, 0) is 46.7 Å². The van der Waals surface area contributed by atoms with Gasteiger partial charge in [0.15, 0.2) is 5.75 Å². The zero-order valence-corrected chi connectivity index (χ0v) is 18.9. The molecule has 182 valence electrons. The average molecular weight is 521 g/mol. The summed E-state index contributed by atoms with van der Waals surface area (Å²) in [7, 11) is -9.56. The van der Waals surface area contributed by atoms with E-state index in [1.54, 1.807) is 12.4 Å². The fourth-order valence-electron chi connectivity index (χ4n) is 2.74. The summed E-state index contributed by atoms with van der Waals surface area (Å²) < 4.78 is 64.5. The van der Waals surface area contributed by atoms with E-state index < -0.39 is 52.2 Å². The quantitative estimate of drug-likeness (QED) is 0.129. The molecule has 14 nitrogen and oxygen atoms in total. The number of phenols is 1. The largest absolute Gasteiger partial charge is 0.505 e. The summed E-state index contributed by atoms with van der Waals surface area (Å²) in [6, 6.07) is 11.7. The Hall–Kier alpha value is -4.25. The number of nitrogens with zero attached hydrogens (tertiary/aromatic N) is 4. The molecule has 0 saturated heterocycles. The van der Waals surface area contributed by atoms with Crippen molar-refractivity contribution in [1.29, 1.82) is 0 Å². The molecule has 0 atom stereocenters. The predicted molar refractivity (Wildman–Crippen MR) is 121 cm³/mol. The number of rotatable bonds is 5. The van der Waals surface area contributed by atoms with Crippen LogP contribution in [0.1, 0.15) is 0 Å². The highest BCUT2D eigenvalue weighted by atomic mass is 32.2. The van der Waals surface area contributed by atoms with Crippen LogP contribution in [0.3, 0.4) is 0 Å². The Morgan fingerprint density at radius 3 is 2.09 bits per heavy atom. The number of hydrogen-bond donors (Lipinski definition) is 4. The number of phenolic OH excluding ortho intramolecular Hbond substituents is 1. The Morgan fingerprint density at radius 1 is 0.914 bits per heavy atom. The summed E-state index contributed by atoms with van der Waals surface area (Å²) in [5.74, 6) is -1.31. The summed E-state index contributed by atoms with van der Waals surface area (Å²) in [5.41, 5.74) is -0.683. The standard InChI is InChI=1S/C14H10N4O9S2.C5H5N/c19-14-9-2-1-8(28(22,23)24)5-7(9)6-10(29(25,26)27)13(14)17-16-11-3-4-12(15-11)18(20)21;1-2-4-6-5-3-1/h1-6,15,19H,(H,22,23,24)(H,25,26,27);1-5H. The van der Waals surface area contributed by atoms with Gasteiger partial charge in [0.2, 0.25) is 5.82 Å². The number of fused-ring (bicyclic) bond motifs is 1. The van der Waals surface area contributed by atoms with Crippen molar-refractivity contribution >= 4 is 48.3 Å². The summed E-state index contributed by atoms with van der Waals surface area (Å²) in [6.45, 7) is 0. The van der Waals surface area contributed by atoms with Crippen molar-refractivity contribution in [3.05, 3.63) is 77.1 Å². The molecular weight excluding hydrogens is 506 g/mol. The third-order valence-corrected chi connectivity index (χ3v) is 5.99. The van der Waals surface area contributed by atoms with E-state index >= 15 is 0 Å². The maximum absolute atomic E-state index is 11.7. The number of nitro groups is 1. The Bertz CT molecular complexity index is 1610. The van der Waals surface area contributed by atoms with Crippen LogP contribution in [0.5, 0.6) is 5.75 Å². The van der Waals surface area contributed by atoms with E-state index in [-0.39, 0.29) is 16.6 Å². The SMILES string of the molecule is O=[N+]([O-])c1ccc(N=Nc2c(S(=O)(=O)O)cc3cc(S(=O)(=O)O)ccc3c2O)[nH]1.c1ccncc1. The third-order valence-electron chi connectivity index (χ3n) is 4.27. The van der Waals surface area contributed by atoms with Gasteiger partial charge in [-0.25, -0.2) is 4.98 Å². The maximum atomic E-state index is 11.7. The summed E-state index contributed by atoms with van der Waals surface area (Å²) in [6.07, 6.45) is 3.50. The molecule has 0 saturated carbocycles. The number of aromatic hydroxyl groups is 1. The highest BCUT2D eigenvalue weighted by Gasteiger charge is 2.23. The molecule has 16 heteroatoms. The number of H-pyrrole nitrogens is 1. The lowest BCUT2D eigenvalue weighted by atomic mass is 10.1. The second kappa shape index (κ2) is 9.94. The minimum absolute atomic E-state index is 0.0591. The Morgan fingerprint density at radius 2 is 1.60 bits per heavy atom. The molecule has 4 N–H and O–H groups in total. The van der Waals surface area contributed by atoms with Gasteiger partial charge >= 0.3 is 5.82 Å². The lowest BCUT2D eigenvalue weighted by molar-refractivity contribution is -0.389. The number of aromatic nitrogens is 2. The lowest BCUT2D eigenvalue weighted by Gasteiger charge is -2.09. The zero-order chi connectivity index (χ0) is 25.8. The summed E-state index contributed by atoms with van der Waals surface area (Å²) in [5, 5.41) is 28.0. The van der Waals surface area contributed by atoms with Crippen LogP contribution in [0.4, 0.5) is 17.3 Å². The number of azo groups is 1. The molecule has 4 aromatic rings. The van der Waals surface area contributed by atoms with Crippen molar-refractivity contribution in [3.8, 4) is 5.75 Å². The number of benzene rings is 2. The first-order valence-corrected chi connectivity index (χ1v) is 12.1. The average Bonchev–Trinajstić information content (AvgIpc) is 3.28. The molecule has 0 aliphatic heterocycles. The molecule has 0 aliphatic carbocycles. The van der Waals surface area contributed by atoms with Gasteiger partial charge in [0.25, 0.3) is 20.2 Å². The van der Waals surface area contributed by atoms with E-state index in [0.717, 1.165) is 30.3 Å². The van der Waals surface area contributed by atoms with E-state index in [1.165, 1.54) is 6.07 Å². The smallest absolute Gasteiger partial charge is 0.322 e. The molecular formula is C19H15N5O9S2. The van der Waals surface area contributed by atoms with Gasteiger partial charge < -0.3 is 15.2 Å². The first-order chi connectivity index (χ1) is 16.4. The lowest BCUT2D eigenvalue weighted by Crippen LogP contribution is -2.00. The molecule has 2 aromatic carbocycles. The van der Waals surface area contributed by atoms with Gasteiger partial charge in [0.1, 0.15) is 10.6 Å². The minimum Gasteiger partial charge on any atom is -0.505 e. The van der Waals surface area contributed by atoms with Crippen LogP contribution in [0.2, 0.25) is 0 Å². The van der Waals surface area contributed by atoms with Gasteiger partial charge in [0, 0.05) is 29.9 Å². The van der Waals surface area contributed by atoms with Gasteiger partial charge in [0.05, 0.1) is 4.90 Å². The first-order valence-electron chi connectivity index (χ1n) is 9.23. The third kappa shape index (κ3) is 6.21. The Labute approximate surface area is 197 Å². The molecule has 2 aromatic heterocycles. The number of nitrogens with one attached hydrogen (secondary N) is 1. The van der Waals surface area contributed by atoms with Crippen LogP contribution in [0, 0.1) is 10.1 Å². The van der Waals surface area contributed by atoms with Gasteiger partial charge in [-0.15, -0.1) is 10.2 Å². The Kier molecular flexibility index (Phi) is 7.20. The fourth-order valence-corrected chi connectivity index (χ4v) is 3.91. The second-order valence-corrected chi connectivity index (χ2v) is 9.43. The topological polar surface area (TPSA) is 226 Å². The summed E-state index contributed by atoms with van der Waals surface area (Å²) in [4.78, 5) is 14.5. The molecule has 0 bridgehead atoms. The van der Waals surface area contributed by atoms with Crippen LogP contribution < -0.4 is 0 Å². The molecule has 0 aliphatic rings. The van der Waals surface area contributed by atoms with Crippen molar-refractivity contribution in [3.63, 3.8) is 0 Å². The normalized spacial score (nSPS) is 11.8. The number of pyridine rings is 1. The highest BCUT2D eigenvalue weighted by molar-refractivity contribution is 7.86. The van der Waals surface area contributed by atoms with E-state index in [0.29, 0.717) is 0 Å². The van der Waals surface area contributed by atoms with E-state index in [2.05, 4.69) is 20.2 Å². The van der Waals surface area contributed by atoms with Crippen molar-refractivity contribution in [2.45, 2.75) is 9.79 Å². The van der Waals surface area contributed by atoms with Crippen LogP contribution in [0.25, 0.3) is 10.8 Å². The molecule has 2 heterocycles. The molecule has 4 rings (SSSR count). The maximum Gasteiger partial charge on any atom is 0.322 e. The highest BCUT2D eigenvalue weighted by Crippen LogP contribution is 2.41.